The Hall–Kier alpha value is -1.50. The van der Waals surface area contributed by atoms with Crippen molar-refractivity contribution in [3.8, 4) is 0 Å². The molecule has 0 spiro atoms. The molecule has 1 fully saturated rings. The van der Waals surface area contributed by atoms with E-state index in [-0.39, 0.29) is 18.5 Å². The van der Waals surface area contributed by atoms with Gasteiger partial charge in [-0.25, -0.2) is 4.79 Å². The van der Waals surface area contributed by atoms with Crippen molar-refractivity contribution >= 4 is 35.2 Å². The number of benzene rings is 1. The van der Waals surface area contributed by atoms with E-state index in [1.807, 2.05) is 12.1 Å². The van der Waals surface area contributed by atoms with E-state index in [1.54, 1.807) is 6.07 Å². The molecule has 0 unspecified atom stereocenters. The molecular formula is C17H23Cl2N3O3. The van der Waals surface area contributed by atoms with Crippen molar-refractivity contribution in [3.63, 3.8) is 0 Å². The topological polar surface area (TPSA) is 81.7 Å². The second-order valence-corrected chi connectivity index (χ2v) is 7.10. The Labute approximate surface area is 157 Å². The van der Waals surface area contributed by atoms with Crippen LogP contribution < -0.4 is 10.6 Å². The van der Waals surface area contributed by atoms with Crippen molar-refractivity contribution < 1.29 is 14.7 Å². The molecule has 1 aromatic rings. The summed E-state index contributed by atoms with van der Waals surface area (Å²) in [6.45, 7) is 2.92. The number of nitrogens with one attached hydrogen (secondary N) is 2. The summed E-state index contributed by atoms with van der Waals surface area (Å²) < 4.78 is 0. The number of likely N-dealkylation sites (tertiary alicyclic amines) is 1. The van der Waals surface area contributed by atoms with Crippen LogP contribution in [0.25, 0.3) is 0 Å². The first-order chi connectivity index (χ1) is 11.9. The number of nitrogens with zero attached hydrogens (tertiary/aromatic N) is 1. The first kappa shape index (κ1) is 19.8. The van der Waals surface area contributed by atoms with Gasteiger partial charge in [-0.15, -0.1) is 0 Å². The van der Waals surface area contributed by atoms with Crippen LogP contribution in [0, 0.1) is 0 Å². The van der Waals surface area contributed by atoms with E-state index in [1.165, 1.54) is 0 Å². The van der Waals surface area contributed by atoms with Gasteiger partial charge in [0.25, 0.3) is 0 Å². The van der Waals surface area contributed by atoms with Gasteiger partial charge in [-0.05, 0) is 43.0 Å². The van der Waals surface area contributed by atoms with Crippen molar-refractivity contribution in [2.45, 2.75) is 38.3 Å². The number of carboxylic acids is 1. The Bertz CT molecular complexity index is 585. The zero-order valence-electron chi connectivity index (χ0n) is 13.9. The van der Waals surface area contributed by atoms with Gasteiger partial charge < -0.3 is 15.7 Å². The highest BCUT2D eigenvalue weighted by atomic mass is 35.5. The number of hydrogen-bond donors (Lipinski definition) is 3. The Balaban J connectivity index is 1.67. The van der Waals surface area contributed by atoms with Gasteiger partial charge in [0, 0.05) is 48.7 Å². The summed E-state index contributed by atoms with van der Waals surface area (Å²) in [5, 5.41) is 15.5. The molecule has 6 nitrogen and oxygen atoms in total. The lowest BCUT2D eigenvalue weighted by Gasteiger charge is -2.32. The van der Waals surface area contributed by atoms with Crippen molar-refractivity contribution in [1.82, 2.24) is 15.5 Å². The lowest BCUT2D eigenvalue weighted by molar-refractivity contribution is -0.137. The highest BCUT2D eigenvalue weighted by Crippen LogP contribution is 2.21. The zero-order chi connectivity index (χ0) is 18.2. The van der Waals surface area contributed by atoms with E-state index in [2.05, 4.69) is 15.5 Å². The molecular weight excluding hydrogens is 365 g/mol. The predicted molar refractivity (Wildman–Crippen MR) is 98.2 cm³/mol. The fourth-order valence-electron chi connectivity index (χ4n) is 2.87. The van der Waals surface area contributed by atoms with Crippen LogP contribution in [-0.2, 0) is 11.3 Å². The Morgan fingerprint density at radius 1 is 1.16 bits per heavy atom. The van der Waals surface area contributed by atoms with Gasteiger partial charge in [-0.2, -0.15) is 0 Å². The number of carbonyl (C=O) groups excluding carboxylic acids is 1. The molecule has 1 aromatic carbocycles. The summed E-state index contributed by atoms with van der Waals surface area (Å²) >= 11 is 12.1. The lowest BCUT2D eigenvalue weighted by atomic mass is 10.0. The maximum Gasteiger partial charge on any atom is 0.315 e. The van der Waals surface area contributed by atoms with Gasteiger partial charge in [0.15, 0.2) is 0 Å². The molecule has 1 saturated heterocycles. The van der Waals surface area contributed by atoms with Crippen molar-refractivity contribution in [3.05, 3.63) is 33.8 Å². The summed E-state index contributed by atoms with van der Waals surface area (Å²) in [5.41, 5.74) is 1.08. The van der Waals surface area contributed by atoms with Crippen LogP contribution in [0.1, 0.15) is 31.2 Å². The predicted octanol–water partition coefficient (Wildman–Crippen LogP) is 3.12. The van der Waals surface area contributed by atoms with Crippen LogP contribution in [0.15, 0.2) is 18.2 Å². The van der Waals surface area contributed by atoms with E-state index in [4.69, 9.17) is 28.3 Å². The largest absolute Gasteiger partial charge is 0.481 e. The van der Waals surface area contributed by atoms with E-state index in [0.29, 0.717) is 23.0 Å². The number of urea groups is 1. The number of piperidine rings is 1. The minimum atomic E-state index is -0.851. The SMILES string of the molecule is O=C(O)CCCNC(=O)NC1CCN(Cc2cc(Cl)cc(Cl)c2)CC1. The Morgan fingerprint density at radius 3 is 2.40 bits per heavy atom. The molecule has 0 bridgehead atoms. The highest BCUT2D eigenvalue weighted by Gasteiger charge is 2.20. The third-order valence-corrected chi connectivity index (χ3v) is 4.54. The average Bonchev–Trinajstić information content (AvgIpc) is 2.52. The summed E-state index contributed by atoms with van der Waals surface area (Å²) in [6.07, 6.45) is 2.24. The quantitative estimate of drug-likeness (QED) is 0.627. The smallest absolute Gasteiger partial charge is 0.315 e. The molecule has 3 N–H and O–H groups in total. The van der Waals surface area contributed by atoms with Crippen LogP contribution in [0.5, 0.6) is 0 Å². The fourth-order valence-corrected chi connectivity index (χ4v) is 3.45. The number of carbonyl (C=O) groups is 2. The van der Waals surface area contributed by atoms with Gasteiger partial charge in [0.1, 0.15) is 0 Å². The molecule has 2 amide bonds. The molecule has 0 aliphatic carbocycles. The van der Waals surface area contributed by atoms with E-state index in [0.717, 1.165) is 38.0 Å². The van der Waals surface area contributed by atoms with Crippen molar-refractivity contribution in [1.29, 1.82) is 0 Å². The minimum absolute atomic E-state index is 0.0617. The molecule has 0 atom stereocenters. The number of rotatable bonds is 7. The second kappa shape index (κ2) is 9.85. The standard InChI is InChI=1S/C17H23Cl2N3O3/c18-13-8-12(9-14(19)10-13)11-22-6-3-15(4-7-22)21-17(25)20-5-1-2-16(23)24/h8-10,15H,1-7,11H2,(H,23,24)(H2,20,21,25). The third kappa shape index (κ3) is 7.50. The van der Waals surface area contributed by atoms with Crippen LogP contribution in [0.4, 0.5) is 4.79 Å². The average molecular weight is 388 g/mol. The molecule has 0 radical (unpaired) electrons. The summed E-state index contributed by atoms with van der Waals surface area (Å²) in [5.74, 6) is -0.851. The normalized spacial score (nSPS) is 15.8. The summed E-state index contributed by atoms with van der Waals surface area (Å²) in [4.78, 5) is 24.5. The van der Waals surface area contributed by atoms with Crippen LogP contribution in [-0.4, -0.2) is 47.7 Å². The molecule has 138 valence electrons. The maximum absolute atomic E-state index is 11.8. The molecule has 0 saturated carbocycles. The zero-order valence-corrected chi connectivity index (χ0v) is 15.4. The number of amides is 2. The van der Waals surface area contributed by atoms with Gasteiger partial charge in [-0.3, -0.25) is 9.69 Å². The van der Waals surface area contributed by atoms with Gasteiger partial charge >= 0.3 is 12.0 Å². The van der Waals surface area contributed by atoms with Crippen LogP contribution in [0.3, 0.4) is 0 Å². The number of hydrogen-bond acceptors (Lipinski definition) is 3. The third-order valence-electron chi connectivity index (χ3n) is 4.10. The molecule has 1 aliphatic rings. The molecule has 0 aromatic heterocycles. The highest BCUT2D eigenvalue weighted by molar-refractivity contribution is 6.34. The monoisotopic (exact) mass is 387 g/mol. The van der Waals surface area contributed by atoms with Crippen LogP contribution >= 0.6 is 23.2 Å². The fraction of sp³-hybridized carbons (Fsp3) is 0.529. The van der Waals surface area contributed by atoms with Crippen molar-refractivity contribution in [2.24, 2.45) is 0 Å². The first-order valence-corrected chi connectivity index (χ1v) is 9.11. The molecule has 25 heavy (non-hydrogen) atoms. The number of carboxylic acid groups (broad SMARTS) is 1. The molecule has 1 aliphatic heterocycles. The Morgan fingerprint density at radius 2 is 1.80 bits per heavy atom. The Kier molecular flexibility index (Phi) is 7.81. The van der Waals surface area contributed by atoms with Crippen LogP contribution in [0.2, 0.25) is 10.0 Å². The minimum Gasteiger partial charge on any atom is -0.481 e. The summed E-state index contributed by atoms with van der Waals surface area (Å²) in [7, 11) is 0. The van der Waals surface area contributed by atoms with Crippen molar-refractivity contribution in [2.75, 3.05) is 19.6 Å². The molecule has 8 heteroatoms. The first-order valence-electron chi connectivity index (χ1n) is 8.36. The van der Waals surface area contributed by atoms with Gasteiger partial charge in [0.2, 0.25) is 0 Å². The van der Waals surface area contributed by atoms with Gasteiger partial charge in [0.05, 0.1) is 0 Å². The molecule has 2 rings (SSSR count). The van der Waals surface area contributed by atoms with E-state index in [9.17, 15) is 9.59 Å². The summed E-state index contributed by atoms with van der Waals surface area (Å²) in [6, 6.07) is 5.46. The maximum atomic E-state index is 11.8. The second-order valence-electron chi connectivity index (χ2n) is 6.23. The number of halogens is 2. The van der Waals surface area contributed by atoms with E-state index >= 15 is 0 Å². The van der Waals surface area contributed by atoms with E-state index < -0.39 is 5.97 Å². The lowest BCUT2D eigenvalue weighted by Crippen LogP contribution is -2.47. The number of aliphatic carboxylic acids is 1. The molecule has 1 heterocycles. The van der Waals surface area contributed by atoms with Gasteiger partial charge in [-0.1, -0.05) is 23.2 Å².